The molecule has 114 heavy (non-hydrogen) atoms. The lowest BCUT2D eigenvalue weighted by molar-refractivity contribution is 0.193. The predicted molar refractivity (Wildman–Crippen MR) is 477 cm³/mol. The Bertz CT molecular complexity index is 8330. The number of hydrogen-bond acceptors (Lipinski definition) is 12. The molecular formula is C102H126N6O6. The summed E-state index contributed by atoms with van der Waals surface area (Å²) < 4.78 is 645. The Balaban J connectivity index is 0.000000307. The van der Waals surface area contributed by atoms with Gasteiger partial charge in [-0.15, -0.1) is 0 Å². The fourth-order valence-electron chi connectivity index (χ4n) is 8.78. The summed E-state index contributed by atoms with van der Waals surface area (Å²) in [6, 6.07) is 10.4. The molecule has 12 rings (SSSR count). The van der Waals surface area contributed by atoms with E-state index >= 15 is 0 Å². The SMILES string of the molecule is [2H]C([2H])([2H])NC([2H])([2H])C([2H])([2H])C([2H])(Oc1ccccc1C)c1ccccc1.[2H]c1c([2H])c([2H])c(C(CCNC([2H])([2H])[2H])Oc2c([2H])c([2H])c([2H])c([2H])c2C([2H])([2H])[2H])c([2H])c1[2H].[2H]c1c([2H])c([2H])c(C(Oc2c([2H])c([2H])c([2H])c([2H])c2C([2H])([2H])[2H])C([2H])([2H])C([2H])([2H])NC([2H])([2H])[2H])c([2H])c1[2H].[2H]c1c([2H])c([2H])c(C(Oc2ccccc2C)C([2H])([2H])C([2H])([2H])NC([2H])([2H])[2H])c([2H])c1[2H].[2H]c1c([2H])c([2H])c(C([2H])([2H])[2H])c(OC(CCNC([2H])([2H])[2H])c2ccccc2)c1[2H].[2H]c1c([2H])c([2H])c(C([2H])([2H])[2H])c(OC(c2ccccc2)C([2H])([2H])C([2H])([2H])NC([2H])([2H])[2H])c1[2H]. The summed E-state index contributed by atoms with van der Waals surface area (Å²) in [6.07, 6.45) is -25.1. The first-order valence-electron chi connectivity index (χ1n) is 72.3. The standard InChI is InChI=1S/6C17H21NO/c6*1-14-8-6-7-11-16(14)19-17(12-13-18-2)15-9-4-3-5-10-15/h6*3-11,17-18H,12-13H2,1-2H3/i1D3,2D3,3D,4D,5D,6D,7D,8D,9D,10D,11D,12D2,13D2;1D3,2D3,3D,4D,5D,6D,7D,8D,9D,10D,11D;2D3,3D,4D,5D,9D,10D,12D2,13D2;1D3,2D3,6D,7D,8D,11D,12D2,13D2;1D3,2D3,6D,7D,8D,11D;2D3,12D2,13D2,17D. The average molecular weight is 1610 g/mol. The van der Waals surface area contributed by atoms with Gasteiger partial charge in [0.1, 0.15) is 71.1 Å². The van der Waals surface area contributed by atoms with Crippen molar-refractivity contribution in [1.82, 2.24) is 31.9 Å². The zero-order valence-corrected chi connectivity index (χ0v) is 60.4. The molecule has 0 spiro atoms. The summed E-state index contributed by atoms with van der Waals surface area (Å²) in [7, 11) is 0. The highest BCUT2D eigenvalue weighted by Crippen LogP contribution is 2.33. The lowest BCUT2D eigenvalue weighted by atomic mass is 10.1. The summed E-state index contributed by atoms with van der Waals surface area (Å²) >= 11 is 0. The fourth-order valence-corrected chi connectivity index (χ4v) is 8.78. The predicted octanol–water partition coefficient (Wildman–Crippen LogP) is 22.3. The van der Waals surface area contributed by atoms with Gasteiger partial charge in [-0.1, -0.05) is 291 Å². The number of hydrogen-bond donors (Lipinski definition) is 6. The molecule has 6 atom stereocenters. The summed E-state index contributed by atoms with van der Waals surface area (Å²) in [5, 5.41) is 10.8. The Hall–Kier alpha value is -10.8. The van der Waals surface area contributed by atoms with E-state index in [1.807, 2.05) is 0 Å². The minimum Gasteiger partial charge on any atom is -0.485 e. The van der Waals surface area contributed by atoms with Gasteiger partial charge in [0.25, 0.3) is 0 Å². The molecule has 0 aliphatic rings. The van der Waals surface area contributed by atoms with Gasteiger partial charge in [-0.3, -0.25) is 0 Å². The third-order valence-corrected chi connectivity index (χ3v) is 14.1. The van der Waals surface area contributed by atoms with Gasteiger partial charge in [-0.05, 0) is 225 Å². The summed E-state index contributed by atoms with van der Waals surface area (Å²) in [6.45, 7) is -39.8. The molecule has 6 N–H and O–H groups in total. The molecular weight excluding hydrogens is 1410 g/mol. The van der Waals surface area contributed by atoms with Crippen LogP contribution in [0.5, 0.6) is 34.5 Å². The average Bonchev–Trinajstić information content (AvgIpc) is 0.736. The van der Waals surface area contributed by atoms with Crippen LogP contribution in [0, 0.1) is 41.3 Å². The molecule has 0 heterocycles. The Morgan fingerprint density at radius 1 is 0.263 bits per heavy atom. The van der Waals surface area contributed by atoms with Crippen LogP contribution in [0.25, 0.3) is 0 Å². The molecule has 12 aromatic carbocycles. The van der Waals surface area contributed by atoms with Crippen molar-refractivity contribution in [2.75, 3.05) is 80.9 Å². The van der Waals surface area contributed by atoms with Crippen LogP contribution in [0.3, 0.4) is 0 Å². The minimum absolute atomic E-state index is 0.0183. The molecule has 0 radical (unpaired) electrons. The van der Waals surface area contributed by atoms with E-state index in [-0.39, 0.29) is 48.6 Å². The first-order valence-corrected chi connectivity index (χ1v) is 33.3. The van der Waals surface area contributed by atoms with E-state index in [2.05, 4.69) is 10.6 Å². The van der Waals surface area contributed by atoms with Crippen LogP contribution in [0.1, 0.15) is 249 Å². The van der Waals surface area contributed by atoms with Crippen LogP contribution in [-0.2, 0) is 0 Å². The largest absolute Gasteiger partial charge is 0.485 e. The summed E-state index contributed by atoms with van der Waals surface area (Å²) in [5.74, 6) is -3.06. The molecule has 0 aliphatic carbocycles. The monoisotopic (exact) mass is 1610 g/mol. The molecule has 12 nitrogen and oxygen atoms in total. The van der Waals surface area contributed by atoms with Gasteiger partial charge >= 0.3 is 0 Å². The topological polar surface area (TPSA) is 128 Å². The molecule has 600 valence electrons. The lowest BCUT2D eigenvalue weighted by Crippen LogP contribution is -2.16. The van der Waals surface area contributed by atoms with Crippen molar-refractivity contribution >= 4 is 0 Å². The van der Waals surface area contributed by atoms with Crippen molar-refractivity contribution < 1.29 is 135 Å². The second-order valence-electron chi connectivity index (χ2n) is 21.8. The second-order valence-corrected chi connectivity index (χ2v) is 21.8. The van der Waals surface area contributed by atoms with E-state index in [9.17, 15) is 0 Å². The fraction of sp³-hybridized carbons (Fsp3) is 0.294. The van der Waals surface area contributed by atoms with Gasteiger partial charge in [0, 0.05) is 101 Å². The van der Waals surface area contributed by atoms with Crippen molar-refractivity contribution in [3.8, 4) is 34.5 Å². The number of ether oxygens (including phenoxy) is 6. The van der Waals surface area contributed by atoms with Gasteiger partial charge in [-0.2, -0.15) is 0 Å². The molecule has 0 amide bonds. The van der Waals surface area contributed by atoms with Crippen molar-refractivity contribution in [3.63, 3.8) is 0 Å². The van der Waals surface area contributed by atoms with Gasteiger partial charge in [0.15, 0.2) is 0 Å². The van der Waals surface area contributed by atoms with E-state index in [1.54, 1.807) is 127 Å². The normalized spacial score (nSPS) is 24.4. The lowest BCUT2D eigenvalue weighted by Gasteiger charge is -2.20. The van der Waals surface area contributed by atoms with Crippen molar-refractivity contribution in [2.45, 2.75) is 116 Å². The highest BCUT2D eigenvalue weighted by Gasteiger charge is 2.20. The van der Waals surface area contributed by atoms with E-state index in [1.165, 1.54) is 47.8 Å². The van der Waals surface area contributed by atoms with Gasteiger partial charge < -0.3 is 60.3 Å². The number of para-hydroxylation sites is 6. The van der Waals surface area contributed by atoms with Gasteiger partial charge in [0.2, 0.25) is 0 Å². The molecule has 12 heteroatoms. The van der Waals surface area contributed by atoms with Crippen molar-refractivity contribution in [1.29, 1.82) is 0 Å². The molecule has 0 bridgehead atoms. The van der Waals surface area contributed by atoms with Crippen LogP contribution in [0.15, 0.2) is 327 Å². The Labute approximate surface area is 793 Å². The number of benzene rings is 12. The Kier molecular flexibility index (Phi) is 14.6. The molecule has 0 saturated carbocycles. The van der Waals surface area contributed by atoms with E-state index in [0.717, 1.165) is 0 Å². The van der Waals surface area contributed by atoms with E-state index in [0.29, 0.717) is 16.7 Å². The van der Waals surface area contributed by atoms with Gasteiger partial charge in [-0.25, -0.2) is 0 Å². The molecule has 6 unspecified atom stereocenters. The maximum atomic E-state index is 8.80. The maximum Gasteiger partial charge on any atom is 0.125 e. The van der Waals surface area contributed by atoms with Crippen LogP contribution in [0.2, 0.25) is 0 Å². The second kappa shape index (κ2) is 54.0. The number of aryl methyl sites for hydroxylation is 2. The van der Waals surface area contributed by atoms with Crippen molar-refractivity contribution in [2.24, 2.45) is 0 Å². The van der Waals surface area contributed by atoms with Crippen LogP contribution >= 0.6 is 0 Å². The molecule has 12 aromatic rings. The van der Waals surface area contributed by atoms with Crippen LogP contribution < -0.4 is 60.3 Å². The first kappa shape index (κ1) is 30.8. The molecule has 0 aromatic heterocycles. The van der Waals surface area contributed by atoms with E-state index in [4.69, 9.17) is 135 Å². The summed E-state index contributed by atoms with van der Waals surface area (Å²) in [4.78, 5) is 0. The molecule has 0 aliphatic heterocycles. The van der Waals surface area contributed by atoms with Crippen molar-refractivity contribution in [3.05, 3.63) is 394 Å². The van der Waals surface area contributed by atoms with Crippen LogP contribution in [0.4, 0.5) is 0 Å². The third kappa shape index (κ3) is 33.1. The summed E-state index contributed by atoms with van der Waals surface area (Å²) in [5.41, 5.74) is -3.83. The van der Waals surface area contributed by atoms with Crippen LogP contribution in [-0.4, -0.2) is 80.9 Å². The Morgan fingerprint density at radius 3 is 0.895 bits per heavy atom. The smallest absolute Gasteiger partial charge is 0.125 e. The highest BCUT2D eigenvalue weighted by atomic mass is 16.5. The zero-order valence-electron chi connectivity index (χ0n) is 138. The molecule has 0 fully saturated rings. The van der Waals surface area contributed by atoms with E-state index < -0.39 is 407 Å². The third-order valence-electron chi connectivity index (χ3n) is 14.1. The van der Waals surface area contributed by atoms with Gasteiger partial charge in [0.05, 0.1) is 43.9 Å². The Morgan fingerprint density at radius 2 is 0.535 bits per heavy atom. The maximum absolute atomic E-state index is 8.80. The number of rotatable bonds is 36. The minimum atomic E-state index is -3.68. The highest BCUT2D eigenvalue weighted by molar-refractivity contribution is 5.39. The quantitative estimate of drug-likeness (QED) is 0.0224. The molecule has 0 saturated heterocycles. The zero-order chi connectivity index (χ0) is 148. The first-order chi connectivity index (χ1) is 86.7. The number of nitrogens with one attached hydrogen (secondary N) is 6.